The molecule has 3 N–H and O–H groups in total. The fourth-order valence-corrected chi connectivity index (χ4v) is 2.96. The van der Waals surface area contributed by atoms with Crippen LogP contribution in [0.3, 0.4) is 0 Å². The second kappa shape index (κ2) is 8.03. The lowest BCUT2D eigenvalue weighted by Gasteiger charge is -2.28. The zero-order valence-electron chi connectivity index (χ0n) is 12.8. The summed E-state index contributed by atoms with van der Waals surface area (Å²) in [7, 11) is 0. The average Bonchev–Trinajstić information content (AvgIpc) is 2.48. The van der Waals surface area contributed by atoms with Crippen LogP contribution in [0.1, 0.15) is 38.2 Å². The third-order valence-corrected chi connectivity index (χ3v) is 4.33. The maximum Gasteiger partial charge on any atom is 0.255 e. The highest BCUT2D eigenvalue weighted by molar-refractivity contribution is 5.75. The van der Waals surface area contributed by atoms with E-state index >= 15 is 0 Å². The molecule has 1 aliphatic carbocycles. The van der Waals surface area contributed by atoms with Crippen molar-refractivity contribution in [2.75, 3.05) is 13.2 Å². The van der Waals surface area contributed by atoms with E-state index in [2.05, 4.69) is 12.2 Å². The van der Waals surface area contributed by atoms with Gasteiger partial charge < -0.3 is 15.8 Å². The molecule has 1 aromatic rings. The summed E-state index contributed by atoms with van der Waals surface area (Å²) in [5.74, 6) is 1.88. The molecule has 0 radical (unpaired) electrons. The van der Waals surface area contributed by atoms with Gasteiger partial charge in [-0.05, 0) is 42.5 Å². The van der Waals surface area contributed by atoms with E-state index in [-0.39, 0.29) is 6.61 Å². The molecule has 2 atom stereocenters. The summed E-state index contributed by atoms with van der Waals surface area (Å²) in [6.45, 7) is 4.27. The summed E-state index contributed by atoms with van der Waals surface area (Å²) in [5, 5.41) is 3.56. The number of nitrogens with one attached hydrogen (secondary N) is 1. The van der Waals surface area contributed by atoms with Crippen molar-refractivity contribution >= 4 is 5.91 Å². The highest BCUT2D eigenvalue weighted by Crippen LogP contribution is 2.28. The molecular weight excluding hydrogens is 264 g/mol. The molecule has 1 aromatic carbocycles. The fourth-order valence-electron chi connectivity index (χ4n) is 2.96. The summed E-state index contributed by atoms with van der Waals surface area (Å²) in [6.07, 6.45) is 5.50. The Hall–Kier alpha value is -1.55. The van der Waals surface area contributed by atoms with Crippen molar-refractivity contribution in [3.63, 3.8) is 0 Å². The van der Waals surface area contributed by atoms with E-state index in [1.165, 1.54) is 31.2 Å². The second-order valence-electron chi connectivity index (χ2n) is 6.05. The van der Waals surface area contributed by atoms with Crippen molar-refractivity contribution in [2.24, 2.45) is 17.6 Å². The fraction of sp³-hybridized carbons (Fsp3) is 0.588. The predicted octanol–water partition coefficient (Wildman–Crippen LogP) is 2.47. The number of carbonyl (C=O) groups is 1. The van der Waals surface area contributed by atoms with E-state index in [4.69, 9.17) is 10.5 Å². The van der Waals surface area contributed by atoms with Gasteiger partial charge in [0.2, 0.25) is 0 Å². The molecule has 1 fully saturated rings. The number of hydrogen-bond acceptors (Lipinski definition) is 3. The van der Waals surface area contributed by atoms with Gasteiger partial charge in [0, 0.05) is 6.54 Å². The van der Waals surface area contributed by atoms with Gasteiger partial charge in [0.15, 0.2) is 6.61 Å². The minimum atomic E-state index is -0.456. The van der Waals surface area contributed by atoms with E-state index in [1.807, 2.05) is 24.3 Å². The van der Waals surface area contributed by atoms with E-state index in [0.29, 0.717) is 5.75 Å². The zero-order chi connectivity index (χ0) is 15.1. The molecule has 1 amide bonds. The van der Waals surface area contributed by atoms with Gasteiger partial charge in [-0.3, -0.25) is 4.79 Å². The van der Waals surface area contributed by atoms with Crippen molar-refractivity contribution in [2.45, 2.75) is 39.2 Å². The highest BCUT2D eigenvalue weighted by Gasteiger charge is 2.20. The van der Waals surface area contributed by atoms with Crippen LogP contribution >= 0.6 is 0 Å². The van der Waals surface area contributed by atoms with Crippen LogP contribution in [0.5, 0.6) is 5.75 Å². The molecule has 21 heavy (non-hydrogen) atoms. The molecule has 0 saturated heterocycles. The van der Waals surface area contributed by atoms with Crippen LogP contribution < -0.4 is 15.8 Å². The van der Waals surface area contributed by atoms with Gasteiger partial charge >= 0.3 is 0 Å². The summed E-state index contributed by atoms with van der Waals surface area (Å²) in [5.41, 5.74) is 6.27. The molecule has 4 nitrogen and oxygen atoms in total. The van der Waals surface area contributed by atoms with Gasteiger partial charge in [-0.25, -0.2) is 0 Å². The Kier molecular flexibility index (Phi) is 6.05. The standard InChI is InChI=1S/C17H26N2O2/c1-13-4-2-3-5-15(13)11-19-10-14-6-8-16(9-7-14)21-12-17(18)20/h6-9,13,15,19H,2-5,10-12H2,1H3,(H2,18,20). The van der Waals surface area contributed by atoms with E-state index in [0.717, 1.165) is 24.9 Å². The predicted molar refractivity (Wildman–Crippen MR) is 84.0 cm³/mol. The molecule has 0 heterocycles. The third kappa shape index (κ3) is 5.38. The summed E-state index contributed by atoms with van der Waals surface area (Å²) in [6, 6.07) is 7.80. The molecule has 1 saturated carbocycles. The molecule has 1 aliphatic rings. The number of nitrogens with two attached hydrogens (primary N) is 1. The highest BCUT2D eigenvalue weighted by atomic mass is 16.5. The molecule has 2 unspecified atom stereocenters. The quantitative estimate of drug-likeness (QED) is 0.811. The Morgan fingerprint density at radius 3 is 2.67 bits per heavy atom. The van der Waals surface area contributed by atoms with Crippen LogP contribution in [0.4, 0.5) is 0 Å². The first-order valence-corrected chi connectivity index (χ1v) is 7.86. The Balaban J connectivity index is 1.72. The minimum absolute atomic E-state index is 0.0723. The van der Waals surface area contributed by atoms with E-state index in [9.17, 15) is 4.79 Å². The Labute approximate surface area is 127 Å². The Morgan fingerprint density at radius 2 is 2.00 bits per heavy atom. The molecule has 4 heteroatoms. The van der Waals surface area contributed by atoms with Crippen LogP contribution in [-0.4, -0.2) is 19.1 Å². The number of primary amides is 1. The van der Waals surface area contributed by atoms with Gasteiger partial charge in [0.1, 0.15) is 5.75 Å². The maximum atomic E-state index is 10.6. The van der Waals surface area contributed by atoms with Gasteiger partial charge in [-0.1, -0.05) is 38.3 Å². The Bertz CT molecular complexity index is 445. The molecule has 0 aliphatic heterocycles. The van der Waals surface area contributed by atoms with Gasteiger partial charge in [0.05, 0.1) is 0 Å². The molecule has 2 rings (SSSR count). The smallest absolute Gasteiger partial charge is 0.255 e. The topological polar surface area (TPSA) is 64.3 Å². The normalized spacial score (nSPS) is 22.0. The van der Waals surface area contributed by atoms with Crippen LogP contribution in [0.25, 0.3) is 0 Å². The lowest BCUT2D eigenvalue weighted by molar-refractivity contribution is -0.119. The molecule has 0 spiro atoms. The van der Waals surface area contributed by atoms with Crippen molar-refractivity contribution in [3.05, 3.63) is 29.8 Å². The minimum Gasteiger partial charge on any atom is -0.484 e. The van der Waals surface area contributed by atoms with Crippen LogP contribution in [0.15, 0.2) is 24.3 Å². The first kappa shape index (κ1) is 15.8. The largest absolute Gasteiger partial charge is 0.484 e. The number of hydrogen-bond donors (Lipinski definition) is 2. The lowest BCUT2D eigenvalue weighted by Crippen LogP contribution is -2.29. The molecule has 0 bridgehead atoms. The first-order valence-electron chi connectivity index (χ1n) is 7.86. The second-order valence-corrected chi connectivity index (χ2v) is 6.05. The van der Waals surface area contributed by atoms with E-state index < -0.39 is 5.91 Å². The first-order chi connectivity index (χ1) is 10.1. The number of ether oxygens (including phenoxy) is 1. The van der Waals surface area contributed by atoms with E-state index in [1.54, 1.807) is 0 Å². The molecular formula is C17H26N2O2. The monoisotopic (exact) mass is 290 g/mol. The number of benzene rings is 1. The number of rotatable bonds is 7. The molecule has 116 valence electrons. The zero-order valence-corrected chi connectivity index (χ0v) is 12.8. The molecule has 0 aromatic heterocycles. The lowest BCUT2D eigenvalue weighted by atomic mass is 9.80. The van der Waals surface area contributed by atoms with Crippen molar-refractivity contribution < 1.29 is 9.53 Å². The van der Waals surface area contributed by atoms with Crippen molar-refractivity contribution in [1.29, 1.82) is 0 Å². The summed E-state index contributed by atoms with van der Waals surface area (Å²) >= 11 is 0. The summed E-state index contributed by atoms with van der Waals surface area (Å²) in [4.78, 5) is 10.6. The summed E-state index contributed by atoms with van der Waals surface area (Å²) < 4.78 is 5.24. The van der Waals surface area contributed by atoms with Gasteiger partial charge in [-0.2, -0.15) is 0 Å². The van der Waals surface area contributed by atoms with Crippen LogP contribution in [0, 0.1) is 11.8 Å². The van der Waals surface area contributed by atoms with Crippen LogP contribution in [-0.2, 0) is 11.3 Å². The van der Waals surface area contributed by atoms with Crippen molar-refractivity contribution in [3.8, 4) is 5.75 Å². The SMILES string of the molecule is CC1CCCCC1CNCc1ccc(OCC(N)=O)cc1. The average molecular weight is 290 g/mol. The van der Waals surface area contributed by atoms with Gasteiger partial charge in [-0.15, -0.1) is 0 Å². The number of amides is 1. The van der Waals surface area contributed by atoms with Gasteiger partial charge in [0.25, 0.3) is 5.91 Å². The third-order valence-electron chi connectivity index (χ3n) is 4.33. The van der Waals surface area contributed by atoms with Crippen molar-refractivity contribution in [1.82, 2.24) is 5.32 Å². The number of carbonyl (C=O) groups excluding carboxylic acids is 1. The maximum absolute atomic E-state index is 10.6. The Morgan fingerprint density at radius 1 is 1.29 bits per heavy atom. The van der Waals surface area contributed by atoms with Crippen LogP contribution in [0.2, 0.25) is 0 Å².